The Morgan fingerprint density at radius 3 is 2.95 bits per heavy atom. The van der Waals surface area contributed by atoms with Gasteiger partial charge in [-0.15, -0.1) is 0 Å². The minimum Gasteiger partial charge on any atom is -0.360 e. The molecule has 1 saturated carbocycles. The summed E-state index contributed by atoms with van der Waals surface area (Å²) in [5.74, 6) is 0.765. The van der Waals surface area contributed by atoms with Crippen molar-refractivity contribution in [3.8, 4) is 0 Å². The number of anilines is 1. The average Bonchev–Trinajstić information content (AvgIpc) is 3.21. The maximum Gasteiger partial charge on any atom is 0.239 e. The van der Waals surface area contributed by atoms with Gasteiger partial charge in [0.2, 0.25) is 5.91 Å². The van der Waals surface area contributed by atoms with Gasteiger partial charge in [0.1, 0.15) is 5.82 Å². The Morgan fingerprint density at radius 2 is 2.16 bits per heavy atom. The molecule has 0 bridgehead atoms. The number of nitrogens with one attached hydrogen (secondary N) is 2. The maximum atomic E-state index is 11.7. The molecular formula is C14H14BrN3O. The molecule has 4 nitrogen and oxygen atoms in total. The number of hydrogen-bond acceptors (Lipinski definition) is 3. The first-order valence-corrected chi connectivity index (χ1v) is 7.10. The van der Waals surface area contributed by atoms with E-state index in [9.17, 15) is 4.79 Å². The van der Waals surface area contributed by atoms with Gasteiger partial charge in [0.25, 0.3) is 0 Å². The molecule has 0 aliphatic heterocycles. The van der Waals surface area contributed by atoms with E-state index in [1.165, 1.54) is 0 Å². The van der Waals surface area contributed by atoms with E-state index in [1.54, 1.807) is 6.20 Å². The molecule has 1 aromatic heterocycles. The number of halogens is 1. The largest absolute Gasteiger partial charge is 0.360 e. The highest BCUT2D eigenvalue weighted by Gasteiger charge is 2.22. The number of hydrogen-bond donors (Lipinski definition) is 2. The van der Waals surface area contributed by atoms with Gasteiger partial charge in [-0.1, -0.05) is 28.1 Å². The summed E-state index contributed by atoms with van der Waals surface area (Å²) >= 11 is 3.52. The van der Waals surface area contributed by atoms with Gasteiger partial charge in [-0.2, -0.15) is 0 Å². The molecule has 0 unspecified atom stereocenters. The maximum absolute atomic E-state index is 11.7. The van der Waals surface area contributed by atoms with Crippen LogP contribution < -0.4 is 10.6 Å². The smallest absolute Gasteiger partial charge is 0.239 e. The van der Waals surface area contributed by atoms with Gasteiger partial charge >= 0.3 is 0 Å². The number of fused-ring (bicyclic) bond motifs is 1. The molecule has 2 aromatic rings. The van der Waals surface area contributed by atoms with Crippen LogP contribution in [0.1, 0.15) is 12.8 Å². The van der Waals surface area contributed by atoms with E-state index < -0.39 is 0 Å². The summed E-state index contributed by atoms with van der Waals surface area (Å²) in [6.07, 6.45) is 3.95. The van der Waals surface area contributed by atoms with Crippen molar-refractivity contribution < 1.29 is 4.79 Å². The van der Waals surface area contributed by atoms with E-state index in [1.807, 2.05) is 24.3 Å². The van der Waals surface area contributed by atoms with E-state index >= 15 is 0 Å². The van der Waals surface area contributed by atoms with E-state index in [0.29, 0.717) is 6.04 Å². The normalized spacial score (nSPS) is 14.4. The van der Waals surface area contributed by atoms with Gasteiger partial charge in [-0.25, -0.2) is 4.98 Å². The summed E-state index contributed by atoms with van der Waals surface area (Å²) in [6.45, 7) is 0.259. The van der Waals surface area contributed by atoms with Gasteiger partial charge in [0.15, 0.2) is 0 Å². The van der Waals surface area contributed by atoms with Crippen molar-refractivity contribution in [1.82, 2.24) is 10.3 Å². The number of pyridine rings is 1. The highest BCUT2D eigenvalue weighted by Crippen LogP contribution is 2.27. The third kappa shape index (κ3) is 2.87. The molecule has 5 heteroatoms. The first-order valence-electron chi connectivity index (χ1n) is 6.30. The van der Waals surface area contributed by atoms with Gasteiger partial charge in [0.05, 0.1) is 6.54 Å². The van der Waals surface area contributed by atoms with Crippen molar-refractivity contribution in [1.29, 1.82) is 0 Å². The van der Waals surface area contributed by atoms with Crippen LogP contribution in [0.15, 0.2) is 34.9 Å². The molecular weight excluding hydrogens is 306 g/mol. The second kappa shape index (κ2) is 5.17. The Labute approximate surface area is 119 Å². The van der Waals surface area contributed by atoms with Crippen LogP contribution in [0.25, 0.3) is 10.8 Å². The number of benzene rings is 1. The number of amides is 1. The molecule has 19 heavy (non-hydrogen) atoms. The number of carbonyl (C=O) groups excluding carboxylic acids is 1. The van der Waals surface area contributed by atoms with E-state index in [0.717, 1.165) is 33.9 Å². The second-order valence-corrected chi connectivity index (χ2v) is 5.54. The quantitative estimate of drug-likeness (QED) is 0.911. The predicted octanol–water partition coefficient (Wildman–Crippen LogP) is 2.69. The van der Waals surface area contributed by atoms with Crippen LogP contribution in [0.2, 0.25) is 0 Å². The van der Waals surface area contributed by atoms with Crippen molar-refractivity contribution in [2.75, 3.05) is 11.9 Å². The lowest BCUT2D eigenvalue weighted by Gasteiger charge is -2.09. The number of rotatable bonds is 4. The number of aromatic nitrogens is 1. The Balaban J connectivity index is 1.76. The Bertz CT molecular complexity index is 625. The van der Waals surface area contributed by atoms with Crippen molar-refractivity contribution in [2.24, 2.45) is 0 Å². The summed E-state index contributed by atoms with van der Waals surface area (Å²) in [5, 5.41) is 8.14. The third-order valence-corrected chi connectivity index (χ3v) is 3.80. The molecule has 2 N–H and O–H groups in total. The highest BCUT2D eigenvalue weighted by atomic mass is 79.9. The van der Waals surface area contributed by atoms with Gasteiger partial charge in [0, 0.05) is 27.5 Å². The molecule has 1 amide bonds. The number of carbonyl (C=O) groups is 1. The van der Waals surface area contributed by atoms with Crippen molar-refractivity contribution in [3.05, 3.63) is 34.9 Å². The molecule has 1 heterocycles. The molecule has 3 rings (SSSR count). The molecule has 1 aliphatic carbocycles. The summed E-state index contributed by atoms with van der Waals surface area (Å²) in [6, 6.07) is 8.29. The van der Waals surface area contributed by atoms with Gasteiger partial charge < -0.3 is 10.6 Å². The van der Waals surface area contributed by atoms with Crippen LogP contribution >= 0.6 is 15.9 Å². The van der Waals surface area contributed by atoms with E-state index in [-0.39, 0.29) is 12.5 Å². The lowest BCUT2D eigenvalue weighted by atomic mass is 10.1. The van der Waals surface area contributed by atoms with Crippen LogP contribution in [-0.4, -0.2) is 23.5 Å². The molecule has 0 saturated heterocycles. The van der Waals surface area contributed by atoms with Crippen molar-refractivity contribution in [3.63, 3.8) is 0 Å². The molecule has 0 radical (unpaired) electrons. The fourth-order valence-corrected chi connectivity index (χ4v) is 2.48. The summed E-state index contributed by atoms with van der Waals surface area (Å²) in [5.41, 5.74) is 0. The minimum absolute atomic E-state index is 0.0244. The van der Waals surface area contributed by atoms with Crippen molar-refractivity contribution in [2.45, 2.75) is 18.9 Å². The zero-order valence-electron chi connectivity index (χ0n) is 10.3. The minimum atomic E-state index is 0.0244. The summed E-state index contributed by atoms with van der Waals surface area (Å²) < 4.78 is 1.03. The standard InChI is InChI=1S/C14H14BrN3O/c15-12-3-1-2-11-10(12)6-7-16-14(11)17-8-13(19)18-9-4-5-9/h1-3,6-7,9H,4-5,8H2,(H,16,17)(H,18,19). The SMILES string of the molecule is O=C(CNc1nccc2c(Br)cccc12)NC1CC1. The Kier molecular flexibility index (Phi) is 3.38. The molecule has 1 aliphatic rings. The zero-order chi connectivity index (χ0) is 13.2. The van der Waals surface area contributed by atoms with Crippen LogP contribution in [0.5, 0.6) is 0 Å². The average molecular weight is 320 g/mol. The lowest BCUT2D eigenvalue weighted by molar-refractivity contribution is -0.119. The topological polar surface area (TPSA) is 54.0 Å². The predicted molar refractivity (Wildman–Crippen MR) is 79.1 cm³/mol. The first kappa shape index (κ1) is 12.4. The molecule has 0 spiro atoms. The van der Waals surface area contributed by atoms with Gasteiger partial charge in [-0.05, 0) is 25.0 Å². The molecule has 1 fully saturated rings. The second-order valence-electron chi connectivity index (χ2n) is 4.69. The first-order chi connectivity index (χ1) is 9.24. The van der Waals surface area contributed by atoms with Gasteiger partial charge in [-0.3, -0.25) is 4.79 Å². The van der Waals surface area contributed by atoms with E-state index in [4.69, 9.17) is 0 Å². The fourth-order valence-electron chi connectivity index (χ4n) is 1.98. The van der Waals surface area contributed by atoms with Crippen LogP contribution in [0.4, 0.5) is 5.82 Å². The molecule has 1 aromatic carbocycles. The Morgan fingerprint density at radius 1 is 1.32 bits per heavy atom. The summed E-state index contributed by atoms with van der Waals surface area (Å²) in [7, 11) is 0. The summed E-state index contributed by atoms with van der Waals surface area (Å²) in [4.78, 5) is 16.0. The third-order valence-electron chi connectivity index (χ3n) is 3.11. The Hall–Kier alpha value is -1.62. The van der Waals surface area contributed by atoms with Crippen LogP contribution in [0, 0.1) is 0 Å². The van der Waals surface area contributed by atoms with Crippen molar-refractivity contribution >= 4 is 38.4 Å². The highest BCUT2D eigenvalue weighted by molar-refractivity contribution is 9.10. The number of nitrogens with zero attached hydrogens (tertiary/aromatic N) is 1. The van der Waals surface area contributed by atoms with Crippen LogP contribution in [0.3, 0.4) is 0 Å². The zero-order valence-corrected chi connectivity index (χ0v) is 11.9. The lowest BCUT2D eigenvalue weighted by Crippen LogP contribution is -2.31. The monoisotopic (exact) mass is 319 g/mol. The molecule has 0 atom stereocenters. The fraction of sp³-hybridized carbons (Fsp3) is 0.286. The molecule has 98 valence electrons. The van der Waals surface area contributed by atoms with E-state index in [2.05, 4.69) is 31.5 Å². The van der Waals surface area contributed by atoms with Crippen LogP contribution in [-0.2, 0) is 4.79 Å².